The predicted molar refractivity (Wildman–Crippen MR) is 65.4 cm³/mol. The number of amides is 1. The fourth-order valence-corrected chi connectivity index (χ4v) is 1.61. The maximum Gasteiger partial charge on any atom is 0.321 e. The van der Waals surface area contributed by atoms with E-state index in [1.165, 1.54) is 6.92 Å². The van der Waals surface area contributed by atoms with Gasteiger partial charge in [-0.1, -0.05) is 0 Å². The molecule has 0 unspecified atom stereocenters. The summed E-state index contributed by atoms with van der Waals surface area (Å²) in [5, 5.41) is 25.7. The number of carbonyl (C=O) groups excluding carboxylic acids is 2. The van der Waals surface area contributed by atoms with Crippen LogP contribution in [0.25, 0.3) is 0 Å². The number of carbonyl (C=O) groups is 2. The summed E-state index contributed by atoms with van der Waals surface area (Å²) in [7, 11) is 0. The van der Waals surface area contributed by atoms with E-state index in [0.29, 0.717) is 11.1 Å². The first-order valence-corrected chi connectivity index (χ1v) is 5.19. The Morgan fingerprint density at radius 2 is 1.80 bits per heavy atom. The number of hydrogen-bond donors (Lipinski definition) is 0. The molecule has 0 saturated heterocycles. The Morgan fingerprint density at radius 1 is 1.15 bits per heavy atom. The number of anilines is 1. The molecule has 10 nitrogen and oxygen atoms in total. The fourth-order valence-electron chi connectivity index (χ4n) is 1.61. The number of benzene rings is 1. The molecule has 1 aliphatic rings. The molecule has 1 amide bonds. The zero-order chi connectivity index (χ0) is 15.0. The van der Waals surface area contributed by atoms with Crippen LogP contribution in [0, 0.1) is 20.2 Å². The first-order chi connectivity index (χ1) is 9.32. The van der Waals surface area contributed by atoms with E-state index in [1.807, 2.05) is 0 Å². The molecule has 102 valence electrons. The number of non-ortho nitro benzene ring substituents is 1. The van der Waals surface area contributed by atoms with Gasteiger partial charge in [0, 0.05) is 6.07 Å². The van der Waals surface area contributed by atoms with Crippen LogP contribution >= 0.6 is 0 Å². The normalized spacial score (nSPS) is 14.4. The number of Topliss-reactive ketones (excluding diaryl/α,β-unsaturated/α-hetero) is 1. The van der Waals surface area contributed by atoms with Gasteiger partial charge in [0.1, 0.15) is 11.4 Å². The van der Waals surface area contributed by atoms with E-state index in [4.69, 9.17) is 0 Å². The second-order valence-corrected chi connectivity index (χ2v) is 3.82. The van der Waals surface area contributed by atoms with E-state index in [1.54, 1.807) is 0 Å². The van der Waals surface area contributed by atoms with E-state index in [2.05, 4.69) is 5.10 Å². The number of nitro benzene ring substituents is 2. The maximum absolute atomic E-state index is 11.6. The van der Waals surface area contributed by atoms with Crippen molar-refractivity contribution in [3.05, 3.63) is 38.4 Å². The summed E-state index contributed by atoms with van der Waals surface area (Å²) in [5.41, 5.74) is -1.59. The van der Waals surface area contributed by atoms with Crippen LogP contribution in [-0.4, -0.2) is 27.2 Å². The quantitative estimate of drug-likeness (QED) is 0.455. The highest BCUT2D eigenvalue weighted by Crippen LogP contribution is 2.33. The van der Waals surface area contributed by atoms with Gasteiger partial charge >= 0.3 is 11.6 Å². The average molecular weight is 278 g/mol. The summed E-state index contributed by atoms with van der Waals surface area (Å²) in [6.45, 7) is 1.29. The Labute approximate surface area is 110 Å². The first kappa shape index (κ1) is 13.3. The number of hydrazone groups is 1. The zero-order valence-corrected chi connectivity index (χ0v) is 9.97. The Morgan fingerprint density at radius 3 is 2.25 bits per heavy atom. The number of ketones is 1. The van der Waals surface area contributed by atoms with Crippen molar-refractivity contribution in [2.45, 2.75) is 6.92 Å². The Hall–Kier alpha value is -3.17. The molecule has 0 N–H and O–H groups in total. The molecule has 0 aliphatic carbocycles. The summed E-state index contributed by atoms with van der Waals surface area (Å²) in [5.74, 6) is -1.92. The molecule has 1 heterocycles. The van der Waals surface area contributed by atoms with Gasteiger partial charge < -0.3 is 0 Å². The van der Waals surface area contributed by atoms with Crippen molar-refractivity contribution >= 4 is 34.5 Å². The van der Waals surface area contributed by atoms with Gasteiger partial charge in [-0.3, -0.25) is 29.8 Å². The van der Waals surface area contributed by atoms with Crippen LogP contribution in [0.15, 0.2) is 23.3 Å². The molecule has 1 aliphatic heterocycles. The lowest BCUT2D eigenvalue weighted by molar-refractivity contribution is -0.393. The zero-order valence-electron chi connectivity index (χ0n) is 9.97. The van der Waals surface area contributed by atoms with Gasteiger partial charge in [-0.05, 0) is 13.0 Å². The minimum atomic E-state index is -1.04. The molecule has 0 aromatic heterocycles. The van der Waals surface area contributed by atoms with Crippen LogP contribution < -0.4 is 5.01 Å². The average Bonchev–Trinajstić information content (AvgIpc) is 2.65. The molecule has 0 bridgehead atoms. The summed E-state index contributed by atoms with van der Waals surface area (Å²) in [6, 6.07) is 2.70. The van der Waals surface area contributed by atoms with E-state index in [9.17, 15) is 29.8 Å². The third kappa shape index (κ3) is 1.98. The van der Waals surface area contributed by atoms with Gasteiger partial charge in [-0.15, -0.1) is 0 Å². The van der Waals surface area contributed by atoms with Crippen molar-refractivity contribution in [2.24, 2.45) is 5.10 Å². The van der Waals surface area contributed by atoms with Gasteiger partial charge in [0.2, 0.25) is 0 Å². The van der Waals surface area contributed by atoms with Gasteiger partial charge in [0.05, 0.1) is 15.9 Å². The molecule has 10 heteroatoms. The highest BCUT2D eigenvalue weighted by Gasteiger charge is 2.36. The molecule has 2 rings (SSSR count). The van der Waals surface area contributed by atoms with E-state index in [0.717, 1.165) is 12.1 Å². The third-order valence-corrected chi connectivity index (χ3v) is 2.56. The van der Waals surface area contributed by atoms with Gasteiger partial charge in [0.25, 0.3) is 11.5 Å². The van der Waals surface area contributed by atoms with E-state index >= 15 is 0 Å². The molecular formula is C10H6N4O6. The second kappa shape index (κ2) is 4.50. The summed E-state index contributed by atoms with van der Waals surface area (Å²) in [4.78, 5) is 42.8. The van der Waals surface area contributed by atoms with Crippen LogP contribution in [0.2, 0.25) is 0 Å². The van der Waals surface area contributed by atoms with E-state index in [-0.39, 0.29) is 11.4 Å². The third-order valence-electron chi connectivity index (χ3n) is 2.56. The Bertz CT molecular complexity index is 695. The lowest BCUT2D eigenvalue weighted by Gasteiger charge is -2.10. The number of nitrogens with zero attached hydrogens (tertiary/aromatic N) is 4. The summed E-state index contributed by atoms with van der Waals surface area (Å²) in [6.07, 6.45) is 0. The van der Waals surface area contributed by atoms with Crippen molar-refractivity contribution < 1.29 is 19.4 Å². The smallest absolute Gasteiger partial charge is 0.282 e. The minimum Gasteiger partial charge on any atom is -0.282 e. The molecule has 0 spiro atoms. The molecule has 0 radical (unpaired) electrons. The molecule has 0 saturated carbocycles. The Balaban J connectivity index is 2.58. The summed E-state index contributed by atoms with van der Waals surface area (Å²) < 4.78 is 0. The Kier molecular flexibility index (Phi) is 2.98. The largest absolute Gasteiger partial charge is 0.321 e. The van der Waals surface area contributed by atoms with Crippen molar-refractivity contribution in [1.82, 2.24) is 0 Å². The highest BCUT2D eigenvalue weighted by molar-refractivity contribution is 6.69. The van der Waals surface area contributed by atoms with Crippen molar-refractivity contribution in [2.75, 3.05) is 5.01 Å². The van der Waals surface area contributed by atoms with Gasteiger partial charge in [-0.25, -0.2) is 0 Å². The molecule has 0 fully saturated rings. The molecule has 20 heavy (non-hydrogen) atoms. The van der Waals surface area contributed by atoms with Crippen molar-refractivity contribution in [3.63, 3.8) is 0 Å². The number of nitro groups is 2. The molecule has 0 atom stereocenters. The summed E-state index contributed by atoms with van der Waals surface area (Å²) >= 11 is 0. The van der Waals surface area contributed by atoms with Crippen LogP contribution in [0.1, 0.15) is 6.92 Å². The van der Waals surface area contributed by atoms with E-state index < -0.39 is 32.9 Å². The SMILES string of the molecule is CC1=NN(c2ccc([N+](=O)[O-])cc2[N+](=O)[O-])C(=O)C1=O. The van der Waals surface area contributed by atoms with Crippen LogP contribution in [0.4, 0.5) is 17.1 Å². The lowest BCUT2D eigenvalue weighted by Crippen LogP contribution is -2.27. The lowest BCUT2D eigenvalue weighted by atomic mass is 10.2. The first-order valence-electron chi connectivity index (χ1n) is 5.19. The van der Waals surface area contributed by atoms with Crippen LogP contribution in [-0.2, 0) is 9.59 Å². The van der Waals surface area contributed by atoms with Crippen molar-refractivity contribution in [1.29, 1.82) is 0 Å². The minimum absolute atomic E-state index is 0.109. The molecule has 1 aromatic carbocycles. The number of hydrogen-bond acceptors (Lipinski definition) is 7. The monoisotopic (exact) mass is 278 g/mol. The second-order valence-electron chi connectivity index (χ2n) is 3.82. The van der Waals surface area contributed by atoms with Crippen LogP contribution in [0.5, 0.6) is 0 Å². The number of rotatable bonds is 3. The predicted octanol–water partition coefficient (Wildman–Crippen LogP) is 0.795. The fraction of sp³-hybridized carbons (Fsp3) is 0.100. The standard InChI is InChI=1S/C10H6N4O6/c1-5-9(15)10(16)12(11-5)7-3-2-6(13(17)18)4-8(7)14(19)20/h2-4H,1H3. The molecule has 1 aromatic rings. The molecular weight excluding hydrogens is 272 g/mol. The highest BCUT2D eigenvalue weighted by atomic mass is 16.6. The maximum atomic E-state index is 11.6. The topological polar surface area (TPSA) is 136 Å². The van der Waals surface area contributed by atoms with Gasteiger partial charge in [0.15, 0.2) is 0 Å². The van der Waals surface area contributed by atoms with Gasteiger partial charge in [-0.2, -0.15) is 10.1 Å². The van der Waals surface area contributed by atoms with Crippen LogP contribution in [0.3, 0.4) is 0 Å². The van der Waals surface area contributed by atoms with Crippen molar-refractivity contribution in [3.8, 4) is 0 Å².